The van der Waals surface area contributed by atoms with Crippen molar-refractivity contribution in [1.29, 1.82) is 0 Å². The molecule has 0 saturated carbocycles. The van der Waals surface area contributed by atoms with Gasteiger partial charge in [0.15, 0.2) is 0 Å². The molecule has 3 aromatic rings. The number of aliphatic hydroxyl groups excluding tert-OH is 1. The van der Waals surface area contributed by atoms with E-state index in [-0.39, 0.29) is 11.3 Å². The highest BCUT2D eigenvalue weighted by atomic mass is 19.1. The molecule has 1 aromatic heterocycles. The maximum atomic E-state index is 14.5. The maximum absolute atomic E-state index is 14.5. The summed E-state index contributed by atoms with van der Waals surface area (Å²) in [4.78, 5) is 18.8. The third-order valence-electron chi connectivity index (χ3n) is 5.36. The average Bonchev–Trinajstić information content (AvgIpc) is 3.11. The highest BCUT2D eigenvalue weighted by Gasteiger charge is 2.37. The van der Waals surface area contributed by atoms with Crippen molar-refractivity contribution in [1.82, 2.24) is 14.5 Å². The second-order valence-corrected chi connectivity index (χ2v) is 9.12. The molecule has 0 bridgehead atoms. The van der Waals surface area contributed by atoms with Crippen LogP contribution in [0.15, 0.2) is 54.7 Å². The minimum Gasteiger partial charge on any atom is -0.384 e. The number of imidazole rings is 1. The van der Waals surface area contributed by atoms with Gasteiger partial charge in [-0.3, -0.25) is 4.79 Å². The molecular formula is C25H29F2N3O2. The summed E-state index contributed by atoms with van der Waals surface area (Å²) in [5.74, 6) is -1.06. The van der Waals surface area contributed by atoms with Crippen LogP contribution < -0.4 is 0 Å². The fraction of sp³-hybridized carbons (Fsp3) is 0.360. The van der Waals surface area contributed by atoms with Crippen molar-refractivity contribution in [2.45, 2.75) is 46.4 Å². The summed E-state index contributed by atoms with van der Waals surface area (Å²) in [7, 11) is 1.62. The standard InChI is InChI=1S/C25H29F2N3O2/c1-16(31)24(32)29(5)22(25(2,3)4)23-28-21(19-13-18(26)11-12-20(19)27)15-30(23)14-17-9-7-6-8-10-17/h6-13,15-16,22,31H,14H2,1-5H3/t16-,22?/m0/s1. The predicted molar refractivity (Wildman–Crippen MR) is 120 cm³/mol. The summed E-state index contributed by atoms with van der Waals surface area (Å²) in [6.07, 6.45) is 0.502. The van der Waals surface area contributed by atoms with E-state index in [2.05, 4.69) is 4.98 Å². The van der Waals surface area contributed by atoms with Gasteiger partial charge < -0.3 is 14.6 Å². The van der Waals surface area contributed by atoms with Crippen LogP contribution in [-0.2, 0) is 11.3 Å². The van der Waals surface area contributed by atoms with Gasteiger partial charge in [0.05, 0.1) is 11.7 Å². The van der Waals surface area contributed by atoms with E-state index in [0.29, 0.717) is 12.4 Å². The van der Waals surface area contributed by atoms with Crippen molar-refractivity contribution in [3.8, 4) is 11.3 Å². The summed E-state index contributed by atoms with van der Waals surface area (Å²) in [5.41, 5.74) is 0.863. The van der Waals surface area contributed by atoms with Gasteiger partial charge in [0, 0.05) is 25.4 Å². The number of carbonyl (C=O) groups is 1. The van der Waals surface area contributed by atoms with Crippen molar-refractivity contribution in [2.24, 2.45) is 5.41 Å². The molecule has 0 spiro atoms. The average molecular weight is 442 g/mol. The quantitative estimate of drug-likeness (QED) is 0.598. The lowest BCUT2D eigenvalue weighted by atomic mass is 9.84. The third kappa shape index (κ3) is 5.05. The lowest BCUT2D eigenvalue weighted by Gasteiger charge is -2.38. The fourth-order valence-electron chi connectivity index (χ4n) is 3.94. The van der Waals surface area contributed by atoms with Crippen LogP contribution in [0.2, 0.25) is 0 Å². The molecule has 0 aliphatic heterocycles. The lowest BCUT2D eigenvalue weighted by molar-refractivity contribution is -0.142. The maximum Gasteiger partial charge on any atom is 0.251 e. The zero-order valence-electron chi connectivity index (χ0n) is 19.0. The highest BCUT2D eigenvalue weighted by molar-refractivity contribution is 5.80. The molecule has 32 heavy (non-hydrogen) atoms. The zero-order valence-corrected chi connectivity index (χ0v) is 19.0. The van der Waals surface area contributed by atoms with E-state index in [1.807, 2.05) is 55.7 Å². The van der Waals surface area contributed by atoms with Gasteiger partial charge >= 0.3 is 0 Å². The molecule has 1 unspecified atom stereocenters. The second kappa shape index (κ2) is 9.20. The first kappa shape index (κ1) is 23.6. The monoisotopic (exact) mass is 441 g/mol. The van der Waals surface area contributed by atoms with E-state index in [9.17, 15) is 18.7 Å². The molecule has 3 rings (SSSR count). The van der Waals surface area contributed by atoms with Crippen LogP contribution in [0.4, 0.5) is 8.78 Å². The molecule has 0 radical (unpaired) electrons. The number of carbonyl (C=O) groups excluding carboxylic acids is 1. The Kier molecular flexibility index (Phi) is 6.79. The number of hydrogen-bond acceptors (Lipinski definition) is 3. The Labute approximate surface area is 187 Å². The Balaban J connectivity index is 2.19. The summed E-state index contributed by atoms with van der Waals surface area (Å²) in [5, 5.41) is 9.90. The molecule has 0 aliphatic carbocycles. The Morgan fingerprint density at radius 1 is 1.16 bits per heavy atom. The molecule has 2 aromatic carbocycles. The van der Waals surface area contributed by atoms with Crippen LogP contribution in [0.25, 0.3) is 11.3 Å². The van der Waals surface area contributed by atoms with Crippen LogP contribution in [0.5, 0.6) is 0 Å². The number of hydrogen-bond donors (Lipinski definition) is 1. The topological polar surface area (TPSA) is 58.4 Å². The summed E-state index contributed by atoms with van der Waals surface area (Å²) < 4.78 is 30.3. The van der Waals surface area contributed by atoms with Gasteiger partial charge in [0.2, 0.25) is 0 Å². The number of rotatable bonds is 6. The minimum atomic E-state index is -1.18. The van der Waals surface area contributed by atoms with E-state index >= 15 is 0 Å². The Morgan fingerprint density at radius 3 is 2.41 bits per heavy atom. The lowest BCUT2D eigenvalue weighted by Crippen LogP contribution is -2.43. The molecule has 1 amide bonds. The van der Waals surface area contributed by atoms with Crippen LogP contribution in [0, 0.1) is 17.0 Å². The van der Waals surface area contributed by atoms with Crippen LogP contribution in [0.3, 0.4) is 0 Å². The fourth-order valence-corrected chi connectivity index (χ4v) is 3.94. The number of halogens is 2. The van der Waals surface area contributed by atoms with E-state index in [1.165, 1.54) is 11.8 Å². The van der Waals surface area contributed by atoms with E-state index in [4.69, 9.17) is 0 Å². The van der Waals surface area contributed by atoms with Gasteiger partial charge in [0.1, 0.15) is 23.6 Å². The van der Waals surface area contributed by atoms with Crippen LogP contribution >= 0.6 is 0 Å². The third-order valence-corrected chi connectivity index (χ3v) is 5.36. The molecule has 2 atom stereocenters. The first-order chi connectivity index (χ1) is 15.0. The molecule has 1 N–H and O–H groups in total. The predicted octanol–water partition coefficient (Wildman–Crippen LogP) is 4.80. The smallest absolute Gasteiger partial charge is 0.251 e. The molecule has 0 aliphatic rings. The number of aromatic nitrogens is 2. The van der Waals surface area contributed by atoms with Crippen molar-refractivity contribution >= 4 is 5.91 Å². The van der Waals surface area contributed by atoms with E-state index in [0.717, 1.165) is 23.8 Å². The summed E-state index contributed by atoms with van der Waals surface area (Å²) in [6.45, 7) is 7.75. The van der Waals surface area contributed by atoms with Crippen LogP contribution in [-0.4, -0.2) is 38.6 Å². The zero-order chi connectivity index (χ0) is 23.6. The molecule has 7 heteroatoms. The van der Waals surface area contributed by atoms with Gasteiger partial charge in [-0.25, -0.2) is 13.8 Å². The normalized spacial score (nSPS) is 13.6. The Bertz CT molecular complexity index is 1090. The van der Waals surface area contributed by atoms with Crippen LogP contribution in [0.1, 0.15) is 45.1 Å². The number of nitrogens with zero attached hydrogens (tertiary/aromatic N) is 3. The van der Waals surface area contributed by atoms with Crippen molar-refractivity contribution in [3.63, 3.8) is 0 Å². The molecule has 0 saturated heterocycles. The highest BCUT2D eigenvalue weighted by Crippen LogP contribution is 2.38. The molecule has 0 fully saturated rings. The number of aliphatic hydroxyl groups is 1. The van der Waals surface area contributed by atoms with E-state index in [1.54, 1.807) is 13.2 Å². The van der Waals surface area contributed by atoms with Crippen molar-refractivity contribution in [2.75, 3.05) is 7.05 Å². The van der Waals surface area contributed by atoms with Gasteiger partial charge in [0.25, 0.3) is 5.91 Å². The first-order valence-corrected chi connectivity index (χ1v) is 10.5. The number of benzene rings is 2. The van der Waals surface area contributed by atoms with E-state index < -0.39 is 35.1 Å². The summed E-state index contributed by atoms with van der Waals surface area (Å²) in [6, 6.07) is 12.4. The van der Waals surface area contributed by atoms with Crippen molar-refractivity contribution in [3.05, 3.63) is 77.8 Å². The van der Waals surface area contributed by atoms with Gasteiger partial charge in [-0.1, -0.05) is 51.1 Å². The van der Waals surface area contributed by atoms with Gasteiger partial charge in [-0.05, 0) is 36.1 Å². The molecule has 5 nitrogen and oxygen atoms in total. The van der Waals surface area contributed by atoms with Crippen molar-refractivity contribution < 1.29 is 18.7 Å². The minimum absolute atomic E-state index is 0.0511. The first-order valence-electron chi connectivity index (χ1n) is 10.5. The van der Waals surface area contributed by atoms with Gasteiger partial charge in [-0.2, -0.15) is 0 Å². The number of likely N-dealkylation sites (N-methyl/N-ethyl adjacent to an activating group) is 1. The Morgan fingerprint density at radius 2 is 1.81 bits per heavy atom. The SMILES string of the molecule is C[C@H](O)C(=O)N(C)C(c1nc(-c2cc(F)ccc2F)cn1Cc1ccccc1)C(C)(C)C. The summed E-state index contributed by atoms with van der Waals surface area (Å²) >= 11 is 0. The van der Waals surface area contributed by atoms with Gasteiger partial charge in [-0.15, -0.1) is 0 Å². The largest absolute Gasteiger partial charge is 0.384 e. The molecular weight excluding hydrogens is 412 g/mol. The Hall–Kier alpha value is -3.06. The second-order valence-electron chi connectivity index (χ2n) is 9.12. The number of amides is 1. The molecule has 170 valence electrons. The molecule has 1 heterocycles.